The number of piperidine rings is 1. The monoisotopic (exact) mass is 310 g/mol. The molecule has 0 aromatic heterocycles. The number of nitrogens with zero attached hydrogens (tertiary/aromatic N) is 3. The van der Waals surface area contributed by atoms with Crippen molar-refractivity contribution in [3.63, 3.8) is 0 Å². The van der Waals surface area contributed by atoms with E-state index in [2.05, 4.69) is 4.90 Å². The van der Waals surface area contributed by atoms with Gasteiger partial charge in [0, 0.05) is 39.3 Å². The van der Waals surface area contributed by atoms with E-state index >= 15 is 0 Å². The summed E-state index contributed by atoms with van der Waals surface area (Å²) in [6.07, 6.45) is 5.17. The van der Waals surface area contributed by atoms with Gasteiger partial charge in [-0.3, -0.25) is 14.5 Å². The van der Waals surface area contributed by atoms with E-state index in [1.165, 1.54) is 6.42 Å². The van der Waals surface area contributed by atoms with E-state index < -0.39 is 0 Å². The SMILES string of the molecule is CCCC(N)C(=O)N1CCN(CC(=O)N2CCCCC2)CC1. The van der Waals surface area contributed by atoms with Gasteiger partial charge in [0.2, 0.25) is 11.8 Å². The number of carbonyl (C=O) groups is 2. The van der Waals surface area contributed by atoms with Gasteiger partial charge in [-0.05, 0) is 25.7 Å². The minimum absolute atomic E-state index is 0.0591. The van der Waals surface area contributed by atoms with Crippen LogP contribution in [0.1, 0.15) is 39.0 Å². The lowest BCUT2D eigenvalue weighted by Crippen LogP contribution is -2.54. The molecule has 0 radical (unpaired) electrons. The summed E-state index contributed by atoms with van der Waals surface area (Å²) in [6.45, 7) is 7.24. The molecule has 0 bridgehead atoms. The summed E-state index contributed by atoms with van der Waals surface area (Å²) in [6, 6.07) is -0.369. The Kier molecular flexibility index (Phi) is 6.64. The Hall–Kier alpha value is -1.14. The number of likely N-dealkylation sites (tertiary alicyclic amines) is 1. The van der Waals surface area contributed by atoms with Crippen LogP contribution < -0.4 is 5.73 Å². The molecule has 2 amide bonds. The fourth-order valence-electron chi connectivity index (χ4n) is 3.23. The van der Waals surface area contributed by atoms with Crippen molar-refractivity contribution in [2.75, 3.05) is 45.8 Å². The Morgan fingerprint density at radius 2 is 1.59 bits per heavy atom. The third kappa shape index (κ3) is 4.68. The predicted molar refractivity (Wildman–Crippen MR) is 86.3 cm³/mol. The predicted octanol–water partition coefficient (Wildman–Crippen LogP) is 0.271. The van der Waals surface area contributed by atoms with E-state index in [0.717, 1.165) is 51.9 Å². The largest absolute Gasteiger partial charge is 0.342 e. The molecule has 0 spiro atoms. The summed E-state index contributed by atoms with van der Waals surface area (Å²) in [7, 11) is 0. The Morgan fingerprint density at radius 1 is 0.955 bits per heavy atom. The van der Waals surface area contributed by atoms with Crippen molar-refractivity contribution in [2.24, 2.45) is 5.73 Å². The minimum atomic E-state index is -0.369. The quantitative estimate of drug-likeness (QED) is 0.791. The second kappa shape index (κ2) is 8.48. The van der Waals surface area contributed by atoms with Crippen LogP contribution in [0.25, 0.3) is 0 Å². The van der Waals surface area contributed by atoms with E-state index in [0.29, 0.717) is 19.6 Å². The summed E-state index contributed by atoms with van der Waals surface area (Å²) >= 11 is 0. The molecule has 22 heavy (non-hydrogen) atoms. The second-order valence-electron chi connectivity index (χ2n) is 6.44. The van der Waals surface area contributed by atoms with Gasteiger partial charge in [-0.15, -0.1) is 0 Å². The molecule has 2 heterocycles. The average molecular weight is 310 g/mol. The van der Waals surface area contributed by atoms with Gasteiger partial charge in [0.25, 0.3) is 0 Å². The van der Waals surface area contributed by atoms with E-state index in [4.69, 9.17) is 5.73 Å². The number of carbonyl (C=O) groups excluding carboxylic acids is 2. The Bertz CT molecular complexity index is 374. The van der Waals surface area contributed by atoms with E-state index in [1.54, 1.807) is 0 Å². The third-order valence-corrected chi connectivity index (χ3v) is 4.67. The highest BCUT2D eigenvalue weighted by atomic mass is 16.2. The van der Waals surface area contributed by atoms with Crippen molar-refractivity contribution in [1.82, 2.24) is 14.7 Å². The molecule has 0 aliphatic carbocycles. The van der Waals surface area contributed by atoms with Crippen molar-refractivity contribution >= 4 is 11.8 Å². The molecule has 1 atom stereocenters. The lowest BCUT2D eigenvalue weighted by atomic mass is 10.1. The molecule has 2 rings (SSSR count). The molecule has 126 valence electrons. The van der Waals surface area contributed by atoms with Crippen LogP contribution in [0.4, 0.5) is 0 Å². The Labute approximate surface area is 133 Å². The van der Waals surface area contributed by atoms with Gasteiger partial charge >= 0.3 is 0 Å². The second-order valence-corrected chi connectivity index (χ2v) is 6.44. The number of piperazine rings is 1. The molecular weight excluding hydrogens is 280 g/mol. The molecule has 2 aliphatic heterocycles. The minimum Gasteiger partial charge on any atom is -0.342 e. The van der Waals surface area contributed by atoms with Crippen LogP contribution in [-0.2, 0) is 9.59 Å². The molecule has 2 fully saturated rings. The summed E-state index contributed by atoms with van der Waals surface area (Å²) in [5.74, 6) is 0.297. The van der Waals surface area contributed by atoms with Crippen LogP contribution in [0, 0.1) is 0 Å². The molecule has 2 N–H and O–H groups in total. The first-order valence-corrected chi connectivity index (χ1v) is 8.66. The van der Waals surface area contributed by atoms with E-state index in [-0.39, 0.29) is 17.9 Å². The maximum atomic E-state index is 12.3. The number of rotatable bonds is 5. The molecule has 2 aliphatic rings. The lowest BCUT2D eigenvalue weighted by Gasteiger charge is -2.36. The normalized spacial score (nSPS) is 21.7. The number of nitrogens with two attached hydrogens (primary N) is 1. The Balaban J connectivity index is 1.72. The molecular formula is C16H30N4O2. The van der Waals surface area contributed by atoms with Crippen molar-refractivity contribution in [3.05, 3.63) is 0 Å². The third-order valence-electron chi connectivity index (χ3n) is 4.67. The zero-order valence-electron chi connectivity index (χ0n) is 13.8. The number of amides is 2. The smallest absolute Gasteiger partial charge is 0.239 e. The summed E-state index contributed by atoms with van der Waals surface area (Å²) in [5, 5.41) is 0. The maximum Gasteiger partial charge on any atom is 0.239 e. The first kappa shape index (κ1) is 17.2. The van der Waals surface area contributed by atoms with E-state index in [9.17, 15) is 9.59 Å². The van der Waals surface area contributed by atoms with Crippen molar-refractivity contribution < 1.29 is 9.59 Å². The molecule has 6 nitrogen and oxygen atoms in total. The van der Waals surface area contributed by atoms with Crippen LogP contribution in [0.15, 0.2) is 0 Å². The highest BCUT2D eigenvalue weighted by Crippen LogP contribution is 2.11. The molecule has 6 heteroatoms. The average Bonchev–Trinajstić information content (AvgIpc) is 2.56. The van der Waals surface area contributed by atoms with Crippen LogP contribution >= 0.6 is 0 Å². The standard InChI is InChI=1S/C16H30N4O2/c1-2-6-14(17)16(22)20-11-9-18(10-12-20)13-15(21)19-7-4-3-5-8-19/h14H,2-13,17H2,1H3. The molecule has 0 saturated carbocycles. The number of hydrogen-bond donors (Lipinski definition) is 1. The van der Waals surface area contributed by atoms with Gasteiger partial charge in [-0.25, -0.2) is 0 Å². The molecule has 2 saturated heterocycles. The van der Waals surface area contributed by atoms with Crippen LogP contribution in [-0.4, -0.2) is 78.4 Å². The number of hydrogen-bond acceptors (Lipinski definition) is 4. The summed E-state index contributed by atoms with van der Waals surface area (Å²) in [4.78, 5) is 30.4. The van der Waals surface area contributed by atoms with Crippen molar-refractivity contribution in [1.29, 1.82) is 0 Å². The highest BCUT2D eigenvalue weighted by molar-refractivity contribution is 5.82. The first-order chi connectivity index (χ1) is 10.6. The summed E-state index contributed by atoms with van der Waals surface area (Å²) < 4.78 is 0. The fourth-order valence-corrected chi connectivity index (χ4v) is 3.23. The van der Waals surface area contributed by atoms with Crippen molar-refractivity contribution in [2.45, 2.75) is 45.1 Å². The Morgan fingerprint density at radius 3 is 2.18 bits per heavy atom. The van der Waals surface area contributed by atoms with Gasteiger partial charge in [-0.2, -0.15) is 0 Å². The van der Waals surface area contributed by atoms with E-state index in [1.807, 2.05) is 16.7 Å². The van der Waals surface area contributed by atoms with Crippen LogP contribution in [0.2, 0.25) is 0 Å². The molecule has 0 aromatic rings. The van der Waals surface area contributed by atoms with Gasteiger partial charge in [-0.1, -0.05) is 13.3 Å². The zero-order chi connectivity index (χ0) is 15.9. The van der Waals surface area contributed by atoms with Gasteiger partial charge in [0.05, 0.1) is 12.6 Å². The molecule has 1 unspecified atom stereocenters. The summed E-state index contributed by atoms with van der Waals surface area (Å²) in [5.41, 5.74) is 5.91. The van der Waals surface area contributed by atoms with Gasteiger partial charge < -0.3 is 15.5 Å². The van der Waals surface area contributed by atoms with Gasteiger partial charge in [0.15, 0.2) is 0 Å². The van der Waals surface area contributed by atoms with Crippen molar-refractivity contribution in [3.8, 4) is 0 Å². The lowest BCUT2D eigenvalue weighted by molar-refractivity contribution is -0.136. The highest BCUT2D eigenvalue weighted by Gasteiger charge is 2.26. The first-order valence-electron chi connectivity index (χ1n) is 8.66. The zero-order valence-corrected chi connectivity index (χ0v) is 13.8. The van der Waals surface area contributed by atoms with Crippen LogP contribution in [0.5, 0.6) is 0 Å². The fraction of sp³-hybridized carbons (Fsp3) is 0.875. The van der Waals surface area contributed by atoms with Crippen LogP contribution in [0.3, 0.4) is 0 Å². The maximum absolute atomic E-state index is 12.3. The van der Waals surface area contributed by atoms with Gasteiger partial charge in [0.1, 0.15) is 0 Å². The molecule has 0 aromatic carbocycles. The topological polar surface area (TPSA) is 69.9 Å².